The first-order chi connectivity index (χ1) is 40.1. The summed E-state index contributed by atoms with van der Waals surface area (Å²) in [5, 5.41) is 2.32. The molecule has 85 heavy (non-hydrogen) atoms. The summed E-state index contributed by atoms with van der Waals surface area (Å²) in [5.41, 5.74) is 28.2. The Balaban J connectivity index is 1.13. The molecule has 0 N–H and O–H groups in total. The first kappa shape index (κ1) is 54.7. The van der Waals surface area contributed by atoms with E-state index in [9.17, 15) is 0 Å². The Bertz CT molecular complexity index is 4290. The zero-order valence-corrected chi connectivity index (χ0v) is 53.8. The molecule has 5 heteroatoms. The molecule has 0 radical (unpaired) electrons. The van der Waals surface area contributed by atoms with Crippen LogP contribution in [-0.2, 0) is 37.9 Å². The Hall–Kier alpha value is -6.98. The van der Waals surface area contributed by atoms with Gasteiger partial charge in [0.1, 0.15) is 11.2 Å². The first-order valence-electron chi connectivity index (χ1n) is 32.3. The fourth-order valence-corrected chi connectivity index (χ4v) is 17.3. The van der Waals surface area contributed by atoms with Crippen molar-refractivity contribution in [3.05, 3.63) is 185 Å². The Morgan fingerprint density at radius 2 is 0.965 bits per heavy atom. The standard InChI is InChI=1S/C80H88BN3O/c1-73(2,3)50-28-32-64(55(40-50)49-24-18-17-19-25-49)83-67-48-71-56(54-26-20-21-27-70(54)85-71)45-62(67)81-63-46-59-60(78(13,14)39-38-77(59,11)12)47-66(63)82(52-30-31-57-58(42-52)76(9,10)37-36-75(57,7)8)68-43-53(44-69(83)72(68)81)84-65-33-29-51(74(4,5)6)41-61(65)79(15)34-22-23-35-80(79,84)16/h17-21,24-33,40-48H,22-23,34-39H2,1-16H3. The lowest BCUT2D eigenvalue weighted by Crippen LogP contribution is -2.62. The van der Waals surface area contributed by atoms with Crippen LogP contribution in [0.2, 0.25) is 0 Å². The summed E-state index contributed by atoms with van der Waals surface area (Å²) < 4.78 is 7.04. The highest BCUT2D eigenvalue weighted by Crippen LogP contribution is 2.63. The number of fused-ring (bicyclic) bond motifs is 12. The van der Waals surface area contributed by atoms with Crippen molar-refractivity contribution in [2.45, 2.75) is 206 Å². The molecule has 4 nitrogen and oxygen atoms in total. The van der Waals surface area contributed by atoms with Gasteiger partial charge in [0.15, 0.2) is 0 Å². The fourth-order valence-electron chi connectivity index (χ4n) is 17.3. The van der Waals surface area contributed by atoms with Crippen LogP contribution in [0, 0.1) is 0 Å². The lowest BCUT2D eigenvalue weighted by molar-refractivity contribution is 0.195. The van der Waals surface area contributed by atoms with Crippen LogP contribution in [-0.4, -0.2) is 12.3 Å². The molecule has 9 aromatic rings. The smallest absolute Gasteiger partial charge is 0.252 e. The van der Waals surface area contributed by atoms with Crippen molar-refractivity contribution in [1.29, 1.82) is 0 Å². The maximum atomic E-state index is 7.04. The van der Waals surface area contributed by atoms with Gasteiger partial charge in [-0.3, -0.25) is 0 Å². The molecule has 1 saturated carbocycles. The minimum Gasteiger partial charge on any atom is -0.456 e. The number of anilines is 8. The Kier molecular flexibility index (Phi) is 11.5. The quantitative estimate of drug-likeness (QED) is 0.164. The number of benzene rings is 8. The highest BCUT2D eigenvalue weighted by molar-refractivity contribution is 7.00. The summed E-state index contributed by atoms with van der Waals surface area (Å²) >= 11 is 0. The Morgan fingerprint density at radius 3 is 1.65 bits per heavy atom. The number of furan rings is 1. The van der Waals surface area contributed by atoms with Crippen LogP contribution in [0.5, 0.6) is 0 Å². The fraction of sp³-hybridized carbons (Fsp3) is 0.400. The number of nitrogens with zero attached hydrogens (tertiary/aromatic N) is 3. The van der Waals surface area contributed by atoms with Gasteiger partial charge in [0, 0.05) is 67.6 Å². The predicted octanol–water partition coefficient (Wildman–Crippen LogP) is 20.4. The van der Waals surface area contributed by atoms with E-state index in [1.165, 1.54) is 131 Å². The number of hydrogen-bond donors (Lipinski definition) is 0. The molecule has 15 rings (SSSR count). The van der Waals surface area contributed by atoms with Crippen molar-refractivity contribution in [3.8, 4) is 11.1 Å². The minimum atomic E-state index is -0.195. The van der Waals surface area contributed by atoms with Crippen LogP contribution in [0.1, 0.15) is 201 Å². The lowest BCUT2D eigenvalue weighted by Gasteiger charge is -2.51. The van der Waals surface area contributed by atoms with Crippen molar-refractivity contribution >= 4 is 90.5 Å². The monoisotopic (exact) mass is 1120 g/mol. The van der Waals surface area contributed by atoms with E-state index in [-0.39, 0.29) is 50.2 Å². The van der Waals surface area contributed by atoms with Crippen LogP contribution in [0.3, 0.4) is 0 Å². The highest BCUT2D eigenvalue weighted by Gasteiger charge is 2.59. The summed E-state index contributed by atoms with van der Waals surface area (Å²) in [7, 11) is 0. The van der Waals surface area contributed by atoms with Gasteiger partial charge in [-0.2, -0.15) is 0 Å². The van der Waals surface area contributed by atoms with Crippen molar-refractivity contribution < 1.29 is 4.42 Å². The molecule has 2 unspecified atom stereocenters. The van der Waals surface area contributed by atoms with Crippen molar-refractivity contribution in [2.24, 2.45) is 0 Å². The van der Waals surface area contributed by atoms with Gasteiger partial charge in [0.2, 0.25) is 0 Å². The molecule has 0 amide bonds. The molecule has 3 aliphatic carbocycles. The molecular formula is C80H88BN3O. The van der Waals surface area contributed by atoms with Gasteiger partial charge < -0.3 is 19.1 Å². The number of para-hydroxylation sites is 1. The second-order valence-corrected chi connectivity index (χ2v) is 32.2. The molecule has 3 aliphatic heterocycles. The third-order valence-corrected chi connectivity index (χ3v) is 23.0. The molecule has 1 aromatic heterocycles. The van der Waals surface area contributed by atoms with Crippen LogP contribution in [0.4, 0.5) is 45.5 Å². The van der Waals surface area contributed by atoms with Crippen LogP contribution in [0.25, 0.3) is 33.1 Å². The summed E-state index contributed by atoms with van der Waals surface area (Å²) in [6, 6.07) is 58.2. The summed E-state index contributed by atoms with van der Waals surface area (Å²) in [5.74, 6) is 0. The van der Waals surface area contributed by atoms with Crippen molar-refractivity contribution in [3.63, 3.8) is 0 Å². The molecule has 4 heterocycles. The van der Waals surface area contributed by atoms with Crippen LogP contribution in [0.15, 0.2) is 150 Å². The van der Waals surface area contributed by atoms with Gasteiger partial charge in [0.05, 0.1) is 11.2 Å². The molecule has 0 saturated heterocycles. The highest BCUT2D eigenvalue weighted by atomic mass is 16.3. The van der Waals surface area contributed by atoms with E-state index in [0.717, 1.165) is 54.0 Å². The van der Waals surface area contributed by atoms with Gasteiger partial charge in [-0.05, 0) is 193 Å². The number of rotatable bonds is 4. The second kappa shape index (κ2) is 17.8. The molecular weight excluding hydrogens is 1030 g/mol. The van der Waals surface area contributed by atoms with Crippen LogP contribution < -0.4 is 31.1 Å². The average molecular weight is 1120 g/mol. The van der Waals surface area contributed by atoms with E-state index in [1.807, 2.05) is 0 Å². The summed E-state index contributed by atoms with van der Waals surface area (Å²) in [6.07, 6.45) is 9.32. The maximum Gasteiger partial charge on any atom is 0.252 e. The largest absolute Gasteiger partial charge is 0.456 e. The summed E-state index contributed by atoms with van der Waals surface area (Å²) in [4.78, 5) is 8.34. The average Bonchev–Trinajstić information content (AvgIpc) is 1.69. The SMILES string of the molecule is CC(C)(C)c1ccc(N2c3cc4oc5ccccc5c4cc3B3c4cc5c(cc4N(c4ccc6c(c4)C(C)(C)CCC6(C)C)c4cc(N6c7ccc(C(C)(C)C)cc7C7(C)CCCCC67C)cc2c43)C(C)(C)CCC5(C)C)c(-c2ccccc2)c1. The number of hydrogen-bond acceptors (Lipinski definition) is 4. The van der Waals surface area contributed by atoms with Gasteiger partial charge in [0.25, 0.3) is 6.71 Å². The van der Waals surface area contributed by atoms with E-state index < -0.39 is 0 Å². The topological polar surface area (TPSA) is 22.9 Å². The predicted molar refractivity (Wildman–Crippen MR) is 364 cm³/mol. The van der Waals surface area contributed by atoms with E-state index in [0.29, 0.717) is 0 Å². The zero-order valence-electron chi connectivity index (χ0n) is 53.8. The third-order valence-electron chi connectivity index (χ3n) is 23.0. The van der Waals surface area contributed by atoms with Gasteiger partial charge in [-0.15, -0.1) is 0 Å². The van der Waals surface area contributed by atoms with Crippen molar-refractivity contribution in [2.75, 3.05) is 14.7 Å². The molecule has 0 spiro atoms. The molecule has 0 bridgehead atoms. The lowest BCUT2D eigenvalue weighted by atomic mass is 9.33. The van der Waals surface area contributed by atoms with E-state index >= 15 is 0 Å². The van der Waals surface area contributed by atoms with E-state index in [2.05, 4.69) is 271 Å². The normalized spacial score (nSPS) is 22.1. The zero-order chi connectivity index (χ0) is 59.5. The first-order valence-corrected chi connectivity index (χ1v) is 32.3. The van der Waals surface area contributed by atoms with Gasteiger partial charge in [-0.1, -0.05) is 202 Å². The maximum absolute atomic E-state index is 7.04. The third kappa shape index (κ3) is 7.85. The van der Waals surface area contributed by atoms with Crippen LogP contribution >= 0.6 is 0 Å². The molecule has 432 valence electrons. The molecule has 1 fully saturated rings. The van der Waals surface area contributed by atoms with Crippen molar-refractivity contribution in [1.82, 2.24) is 0 Å². The Labute approximate surface area is 508 Å². The van der Waals surface area contributed by atoms with E-state index in [1.54, 1.807) is 0 Å². The second-order valence-electron chi connectivity index (χ2n) is 32.2. The summed E-state index contributed by atoms with van der Waals surface area (Å²) in [6.45, 7) is 39.3. The van der Waals surface area contributed by atoms with Gasteiger partial charge in [-0.25, -0.2) is 0 Å². The minimum absolute atomic E-state index is 0.00910. The molecule has 2 atom stereocenters. The van der Waals surface area contributed by atoms with Gasteiger partial charge >= 0.3 is 0 Å². The Morgan fingerprint density at radius 1 is 0.400 bits per heavy atom. The van der Waals surface area contributed by atoms with E-state index in [4.69, 9.17) is 4.42 Å². The molecule has 8 aromatic carbocycles. The molecule has 6 aliphatic rings.